The average molecular weight is 507 g/mol. The number of carbonyl (C=O) groups excluding carboxylic acids is 1. The Hall–Kier alpha value is -3.25. The molecular formula is C28H21Cl2FN2O2. The second-order valence-electron chi connectivity index (χ2n) is 8.34. The summed E-state index contributed by atoms with van der Waals surface area (Å²) in [5.74, 6) is -0.532. The number of amides is 1. The third kappa shape index (κ3) is 5.08. The lowest BCUT2D eigenvalue weighted by atomic mass is 9.90. The number of pyridine rings is 1. The quantitative estimate of drug-likeness (QED) is 0.293. The summed E-state index contributed by atoms with van der Waals surface area (Å²) in [7, 11) is 0. The fourth-order valence-electron chi connectivity index (χ4n) is 4.39. The van der Waals surface area contributed by atoms with Crippen LogP contribution in [0.15, 0.2) is 97.3 Å². The van der Waals surface area contributed by atoms with Crippen molar-refractivity contribution in [3.63, 3.8) is 0 Å². The molecule has 4 aromatic rings. The maximum absolute atomic E-state index is 13.9. The molecule has 1 aromatic heterocycles. The van der Waals surface area contributed by atoms with Crippen molar-refractivity contribution in [1.82, 2.24) is 4.98 Å². The number of anilines is 1. The molecule has 3 aromatic carbocycles. The Bertz CT molecular complexity index is 1300. The van der Waals surface area contributed by atoms with Crippen molar-refractivity contribution in [2.75, 3.05) is 4.90 Å². The van der Waals surface area contributed by atoms with E-state index in [0.717, 1.165) is 16.7 Å². The third-order valence-electron chi connectivity index (χ3n) is 6.06. The molecule has 4 nitrogen and oxygen atoms in total. The first-order valence-electron chi connectivity index (χ1n) is 11.1. The van der Waals surface area contributed by atoms with E-state index >= 15 is 0 Å². The number of aromatic nitrogens is 1. The summed E-state index contributed by atoms with van der Waals surface area (Å²) >= 11 is 12.3. The topological polar surface area (TPSA) is 42.4 Å². The van der Waals surface area contributed by atoms with E-state index in [-0.39, 0.29) is 11.7 Å². The predicted octanol–water partition coefficient (Wildman–Crippen LogP) is 6.98. The molecule has 3 atom stereocenters. The van der Waals surface area contributed by atoms with Crippen LogP contribution in [0.5, 0.6) is 0 Å². The van der Waals surface area contributed by atoms with Crippen LogP contribution in [-0.4, -0.2) is 17.0 Å². The SMILES string of the molecule is O=C1[C@@H](Cc2ccc(F)cc2)O[C@@H](c2ccc(Cl)cc2)[C@@H](c2ccc(Cl)cc2)N1c1cccnc1. The second kappa shape index (κ2) is 10.2. The van der Waals surface area contributed by atoms with Crippen molar-refractivity contribution < 1.29 is 13.9 Å². The number of morpholine rings is 1. The normalized spacial score (nSPS) is 20.1. The number of rotatable bonds is 5. The van der Waals surface area contributed by atoms with Crippen LogP contribution in [0.4, 0.5) is 10.1 Å². The van der Waals surface area contributed by atoms with Crippen LogP contribution in [0.3, 0.4) is 0 Å². The van der Waals surface area contributed by atoms with Gasteiger partial charge < -0.3 is 4.74 Å². The van der Waals surface area contributed by atoms with Crippen molar-refractivity contribution in [3.8, 4) is 0 Å². The fourth-order valence-corrected chi connectivity index (χ4v) is 4.64. The Balaban J connectivity index is 1.63. The summed E-state index contributed by atoms with van der Waals surface area (Å²) in [6, 6.07) is 24.1. The molecule has 1 amide bonds. The van der Waals surface area contributed by atoms with Gasteiger partial charge in [-0.1, -0.05) is 59.6 Å². The summed E-state index contributed by atoms with van der Waals surface area (Å²) in [5.41, 5.74) is 3.20. The van der Waals surface area contributed by atoms with Crippen LogP contribution >= 0.6 is 23.2 Å². The van der Waals surface area contributed by atoms with E-state index in [9.17, 15) is 9.18 Å². The van der Waals surface area contributed by atoms with Crippen molar-refractivity contribution in [2.45, 2.75) is 24.7 Å². The average Bonchev–Trinajstić information content (AvgIpc) is 2.88. The van der Waals surface area contributed by atoms with Gasteiger partial charge >= 0.3 is 0 Å². The van der Waals surface area contributed by atoms with Gasteiger partial charge in [0.1, 0.15) is 18.0 Å². The molecule has 1 saturated heterocycles. The van der Waals surface area contributed by atoms with Gasteiger partial charge in [0, 0.05) is 22.7 Å². The summed E-state index contributed by atoms with van der Waals surface area (Å²) in [6.07, 6.45) is 2.34. The van der Waals surface area contributed by atoms with Crippen molar-refractivity contribution >= 4 is 34.8 Å². The van der Waals surface area contributed by atoms with Crippen molar-refractivity contribution in [1.29, 1.82) is 0 Å². The minimum Gasteiger partial charge on any atom is -0.358 e. The highest BCUT2D eigenvalue weighted by Gasteiger charge is 2.44. The highest BCUT2D eigenvalue weighted by Crippen LogP contribution is 2.44. The van der Waals surface area contributed by atoms with Gasteiger partial charge in [0.25, 0.3) is 5.91 Å². The van der Waals surface area contributed by atoms with E-state index in [0.29, 0.717) is 22.2 Å². The van der Waals surface area contributed by atoms with Crippen LogP contribution in [0.1, 0.15) is 28.8 Å². The van der Waals surface area contributed by atoms with E-state index in [1.165, 1.54) is 12.1 Å². The van der Waals surface area contributed by atoms with Crippen molar-refractivity contribution in [3.05, 3.63) is 130 Å². The minimum atomic E-state index is -0.787. The summed E-state index contributed by atoms with van der Waals surface area (Å²) in [4.78, 5) is 19.9. The number of benzene rings is 3. The number of ether oxygens (including phenoxy) is 1. The molecule has 1 fully saturated rings. The van der Waals surface area contributed by atoms with E-state index < -0.39 is 18.2 Å². The Morgan fingerprint density at radius 2 is 1.49 bits per heavy atom. The zero-order valence-electron chi connectivity index (χ0n) is 18.5. The number of hydrogen-bond acceptors (Lipinski definition) is 3. The van der Waals surface area contributed by atoms with E-state index in [1.807, 2.05) is 30.3 Å². The van der Waals surface area contributed by atoms with Gasteiger partial charge in [0.05, 0.1) is 17.9 Å². The van der Waals surface area contributed by atoms with Gasteiger partial charge in [0.2, 0.25) is 0 Å². The van der Waals surface area contributed by atoms with Gasteiger partial charge in [-0.05, 0) is 65.2 Å². The van der Waals surface area contributed by atoms with E-state index in [2.05, 4.69) is 4.98 Å². The molecule has 0 spiro atoms. The van der Waals surface area contributed by atoms with Crippen LogP contribution < -0.4 is 4.90 Å². The van der Waals surface area contributed by atoms with Crippen LogP contribution in [-0.2, 0) is 16.0 Å². The fraction of sp³-hybridized carbons (Fsp3) is 0.143. The van der Waals surface area contributed by atoms with Gasteiger partial charge in [-0.2, -0.15) is 0 Å². The maximum Gasteiger partial charge on any atom is 0.257 e. The molecular weight excluding hydrogens is 486 g/mol. The third-order valence-corrected chi connectivity index (χ3v) is 6.56. The first-order chi connectivity index (χ1) is 17.0. The molecule has 0 saturated carbocycles. The molecule has 2 heterocycles. The van der Waals surface area contributed by atoms with Crippen LogP contribution in [0, 0.1) is 5.82 Å². The van der Waals surface area contributed by atoms with Crippen LogP contribution in [0.2, 0.25) is 10.0 Å². The molecule has 5 rings (SSSR count). The number of carbonyl (C=O) groups is 1. The molecule has 176 valence electrons. The van der Waals surface area contributed by atoms with Crippen molar-refractivity contribution in [2.24, 2.45) is 0 Å². The first kappa shape index (κ1) is 23.5. The van der Waals surface area contributed by atoms with Gasteiger partial charge in [0.15, 0.2) is 0 Å². The highest BCUT2D eigenvalue weighted by atomic mass is 35.5. The number of halogens is 3. The Morgan fingerprint density at radius 3 is 2.09 bits per heavy atom. The largest absolute Gasteiger partial charge is 0.358 e. The molecule has 7 heteroatoms. The molecule has 0 radical (unpaired) electrons. The smallest absolute Gasteiger partial charge is 0.257 e. The van der Waals surface area contributed by atoms with Gasteiger partial charge in [-0.3, -0.25) is 14.7 Å². The molecule has 1 aliphatic rings. The number of hydrogen-bond donors (Lipinski definition) is 0. The molecule has 0 bridgehead atoms. The summed E-state index contributed by atoms with van der Waals surface area (Å²) < 4.78 is 20.0. The molecule has 1 aliphatic heterocycles. The highest BCUT2D eigenvalue weighted by molar-refractivity contribution is 6.30. The predicted molar refractivity (Wildman–Crippen MR) is 135 cm³/mol. The zero-order valence-corrected chi connectivity index (χ0v) is 20.0. The maximum atomic E-state index is 13.9. The van der Waals surface area contributed by atoms with E-state index in [4.69, 9.17) is 27.9 Å². The van der Waals surface area contributed by atoms with Gasteiger partial charge in [-0.25, -0.2) is 4.39 Å². The minimum absolute atomic E-state index is 0.201. The lowest BCUT2D eigenvalue weighted by molar-refractivity contribution is -0.145. The second-order valence-corrected chi connectivity index (χ2v) is 9.22. The summed E-state index contributed by atoms with van der Waals surface area (Å²) in [5, 5.41) is 1.21. The molecule has 0 aliphatic carbocycles. The Kier molecular flexibility index (Phi) is 6.82. The lowest BCUT2D eigenvalue weighted by Crippen LogP contribution is -2.51. The Morgan fingerprint density at radius 1 is 0.857 bits per heavy atom. The monoisotopic (exact) mass is 506 g/mol. The number of nitrogens with zero attached hydrogens (tertiary/aromatic N) is 2. The standard InChI is InChI=1S/C28H21Cl2FN2O2/c29-21-9-5-19(6-10-21)26-27(20-7-11-22(30)12-8-20)35-25(16-18-3-13-23(31)14-4-18)28(34)33(26)24-2-1-15-32-17-24/h1-15,17,25-27H,16H2/t25-,26-,27+/m1/s1. The van der Waals surface area contributed by atoms with Crippen LogP contribution in [0.25, 0.3) is 0 Å². The summed E-state index contributed by atoms with van der Waals surface area (Å²) in [6.45, 7) is 0. The van der Waals surface area contributed by atoms with Gasteiger partial charge in [-0.15, -0.1) is 0 Å². The lowest BCUT2D eigenvalue weighted by Gasteiger charge is -2.44. The zero-order chi connectivity index (χ0) is 24.4. The molecule has 0 unspecified atom stereocenters. The van der Waals surface area contributed by atoms with E-state index in [1.54, 1.807) is 59.8 Å². The Labute approximate surface area is 212 Å². The first-order valence-corrected chi connectivity index (χ1v) is 11.9. The molecule has 0 N–H and O–H groups in total. The molecule has 35 heavy (non-hydrogen) atoms.